The Morgan fingerprint density at radius 1 is 0.833 bits per heavy atom. The molecule has 1 heterocycles. The number of para-hydroxylation sites is 1. The molecule has 1 N–H and O–H groups in total. The number of rotatable bonds is 8. The van der Waals surface area contributed by atoms with Gasteiger partial charge in [0.15, 0.2) is 0 Å². The van der Waals surface area contributed by atoms with Crippen molar-refractivity contribution in [2.45, 2.75) is 13.2 Å². The molecule has 178 valence electrons. The molecule has 0 aliphatic heterocycles. The fourth-order valence-electron chi connectivity index (χ4n) is 3.82. The minimum absolute atomic E-state index is 0.174. The number of halogens is 1. The van der Waals surface area contributed by atoms with E-state index in [1.54, 1.807) is 24.3 Å². The van der Waals surface area contributed by atoms with E-state index in [-0.39, 0.29) is 11.7 Å². The average molecular weight is 478 g/mol. The van der Waals surface area contributed by atoms with Crippen molar-refractivity contribution < 1.29 is 13.9 Å². The number of nitrogens with one attached hydrogen (secondary N) is 1. The highest BCUT2D eigenvalue weighted by atomic mass is 19.1. The summed E-state index contributed by atoms with van der Waals surface area (Å²) < 4.78 is 20.5. The summed E-state index contributed by atoms with van der Waals surface area (Å²) in [4.78, 5) is 12.9. The molecule has 5 nitrogen and oxygen atoms in total. The van der Waals surface area contributed by atoms with Crippen LogP contribution >= 0.6 is 0 Å². The van der Waals surface area contributed by atoms with Gasteiger partial charge in [0.05, 0.1) is 11.4 Å². The lowest BCUT2D eigenvalue weighted by Crippen LogP contribution is -2.22. The molecule has 0 atom stereocenters. The molecule has 0 bridgehead atoms. The SMILES string of the molecule is O=C(NCc1cn(-c2ccccc2)nc1-c1ccccc1)c1ccc(COc2ccc(F)cc2)cc1. The van der Waals surface area contributed by atoms with Gasteiger partial charge in [-0.05, 0) is 54.1 Å². The fraction of sp³-hybridized carbons (Fsp3) is 0.0667. The van der Waals surface area contributed by atoms with Gasteiger partial charge in [0, 0.05) is 29.4 Å². The van der Waals surface area contributed by atoms with Crippen LogP contribution in [0.1, 0.15) is 21.5 Å². The van der Waals surface area contributed by atoms with Gasteiger partial charge in [0.25, 0.3) is 5.91 Å². The van der Waals surface area contributed by atoms with Crippen LogP contribution in [-0.4, -0.2) is 15.7 Å². The third-order valence-electron chi connectivity index (χ3n) is 5.73. The first-order valence-electron chi connectivity index (χ1n) is 11.6. The Bertz CT molecular complexity index is 1430. The summed E-state index contributed by atoms with van der Waals surface area (Å²) in [6.07, 6.45) is 1.95. The normalized spacial score (nSPS) is 10.7. The van der Waals surface area contributed by atoms with E-state index in [2.05, 4.69) is 5.32 Å². The lowest BCUT2D eigenvalue weighted by atomic mass is 10.1. The molecule has 0 aliphatic rings. The van der Waals surface area contributed by atoms with Crippen LogP contribution in [0.3, 0.4) is 0 Å². The number of hydrogen-bond acceptors (Lipinski definition) is 3. The maximum Gasteiger partial charge on any atom is 0.251 e. The van der Waals surface area contributed by atoms with Gasteiger partial charge in [-0.2, -0.15) is 5.10 Å². The lowest BCUT2D eigenvalue weighted by Gasteiger charge is -2.08. The lowest BCUT2D eigenvalue weighted by molar-refractivity contribution is 0.0951. The van der Waals surface area contributed by atoms with Crippen LogP contribution in [0, 0.1) is 5.82 Å². The second kappa shape index (κ2) is 10.7. The minimum atomic E-state index is -0.305. The van der Waals surface area contributed by atoms with Gasteiger partial charge < -0.3 is 10.1 Å². The standard InChI is InChI=1S/C30H24FN3O2/c31-26-15-17-28(18-16-26)36-21-22-11-13-24(14-12-22)30(35)32-19-25-20-34(27-9-5-2-6-10-27)33-29(25)23-7-3-1-4-8-23/h1-18,20H,19,21H2,(H,32,35). The summed E-state index contributed by atoms with van der Waals surface area (Å²) in [5.74, 6) is 0.108. The van der Waals surface area contributed by atoms with Crippen LogP contribution < -0.4 is 10.1 Å². The van der Waals surface area contributed by atoms with Crippen molar-refractivity contribution in [3.8, 4) is 22.7 Å². The number of ether oxygens (including phenoxy) is 1. The number of amides is 1. The van der Waals surface area contributed by atoms with Crippen LogP contribution in [0.4, 0.5) is 4.39 Å². The molecule has 0 fully saturated rings. The third-order valence-corrected chi connectivity index (χ3v) is 5.73. The summed E-state index contributed by atoms with van der Waals surface area (Å²) in [6.45, 7) is 0.665. The van der Waals surface area contributed by atoms with Crippen LogP contribution in [0.25, 0.3) is 16.9 Å². The molecule has 5 rings (SSSR count). The van der Waals surface area contributed by atoms with Gasteiger partial charge in [-0.15, -0.1) is 0 Å². The van der Waals surface area contributed by atoms with E-state index < -0.39 is 0 Å². The summed E-state index contributed by atoms with van der Waals surface area (Å²) in [5.41, 5.74) is 5.15. The van der Waals surface area contributed by atoms with Crippen LogP contribution in [-0.2, 0) is 13.2 Å². The Morgan fingerprint density at radius 2 is 1.50 bits per heavy atom. The van der Waals surface area contributed by atoms with E-state index >= 15 is 0 Å². The van der Waals surface area contributed by atoms with Gasteiger partial charge in [0.1, 0.15) is 18.2 Å². The van der Waals surface area contributed by atoms with Crippen molar-refractivity contribution in [2.24, 2.45) is 0 Å². The zero-order valence-electron chi connectivity index (χ0n) is 19.5. The van der Waals surface area contributed by atoms with Gasteiger partial charge in [-0.3, -0.25) is 4.79 Å². The zero-order chi connectivity index (χ0) is 24.7. The molecule has 0 spiro atoms. The number of aromatic nitrogens is 2. The molecule has 1 amide bonds. The number of carbonyl (C=O) groups is 1. The highest BCUT2D eigenvalue weighted by molar-refractivity contribution is 5.94. The summed E-state index contributed by atoms with van der Waals surface area (Å²) in [6, 6.07) is 32.9. The predicted molar refractivity (Wildman–Crippen MR) is 137 cm³/mol. The highest BCUT2D eigenvalue weighted by Gasteiger charge is 2.14. The molecule has 0 unspecified atom stereocenters. The van der Waals surface area contributed by atoms with E-state index in [1.165, 1.54) is 12.1 Å². The largest absolute Gasteiger partial charge is 0.489 e. The average Bonchev–Trinajstić information content (AvgIpc) is 3.37. The molecular weight excluding hydrogens is 453 g/mol. The van der Waals surface area contributed by atoms with E-state index in [4.69, 9.17) is 9.84 Å². The van der Waals surface area contributed by atoms with Gasteiger partial charge in [-0.1, -0.05) is 60.7 Å². The number of hydrogen-bond donors (Lipinski definition) is 1. The molecular formula is C30H24FN3O2. The van der Waals surface area contributed by atoms with Gasteiger partial charge in [0.2, 0.25) is 0 Å². The molecule has 5 aromatic rings. The molecule has 0 saturated carbocycles. The van der Waals surface area contributed by atoms with Gasteiger partial charge in [-0.25, -0.2) is 9.07 Å². The molecule has 6 heteroatoms. The quantitative estimate of drug-likeness (QED) is 0.290. The second-order valence-electron chi connectivity index (χ2n) is 8.27. The molecule has 0 saturated heterocycles. The monoisotopic (exact) mass is 477 g/mol. The van der Waals surface area contributed by atoms with Crippen molar-refractivity contribution in [2.75, 3.05) is 0 Å². The molecule has 1 aromatic heterocycles. The number of nitrogens with zero attached hydrogens (tertiary/aromatic N) is 2. The van der Waals surface area contributed by atoms with E-state index in [0.29, 0.717) is 24.5 Å². The smallest absolute Gasteiger partial charge is 0.251 e. The minimum Gasteiger partial charge on any atom is -0.489 e. The zero-order valence-corrected chi connectivity index (χ0v) is 19.5. The van der Waals surface area contributed by atoms with Crippen molar-refractivity contribution in [3.63, 3.8) is 0 Å². The van der Waals surface area contributed by atoms with Crippen molar-refractivity contribution in [1.82, 2.24) is 15.1 Å². The topological polar surface area (TPSA) is 56.2 Å². The highest BCUT2D eigenvalue weighted by Crippen LogP contribution is 2.24. The Hall–Kier alpha value is -4.71. The van der Waals surface area contributed by atoms with Crippen molar-refractivity contribution in [3.05, 3.63) is 138 Å². The molecule has 0 aliphatic carbocycles. The van der Waals surface area contributed by atoms with Crippen LogP contribution in [0.15, 0.2) is 115 Å². The molecule has 0 radical (unpaired) electrons. The summed E-state index contributed by atoms with van der Waals surface area (Å²) in [7, 11) is 0. The van der Waals surface area contributed by atoms with Crippen LogP contribution in [0.5, 0.6) is 5.75 Å². The van der Waals surface area contributed by atoms with Crippen molar-refractivity contribution in [1.29, 1.82) is 0 Å². The first-order valence-corrected chi connectivity index (χ1v) is 11.6. The third kappa shape index (κ3) is 5.50. The van der Waals surface area contributed by atoms with Crippen LogP contribution in [0.2, 0.25) is 0 Å². The second-order valence-corrected chi connectivity index (χ2v) is 8.27. The van der Waals surface area contributed by atoms with E-state index in [1.807, 2.05) is 83.7 Å². The predicted octanol–water partition coefficient (Wildman–Crippen LogP) is 6.19. The van der Waals surface area contributed by atoms with E-state index in [0.717, 1.165) is 28.1 Å². The number of benzene rings is 4. The Morgan fingerprint density at radius 3 is 2.19 bits per heavy atom. The molecule has 36 heavy (non-hydrogen) atoms. The Balaban J connectivity index is 1.26. The molecule has 4 aromatic carbocycles. The van der Waals surface area contributed by atoms with Gasteiger partial charge >= 0.3 is 0 Å². The first-order chi connectivity index (χ1) is 17.7. The summed E-state index contributed by atoms with van der Waals surface area (Å²) in [5, 5.41) is 7.81. The first kappa shape index (κ1) is 23.1. The Kier molecular flexibility index (Phi) is 6.85. The van der Waals surface area contributed by atoms with Crippen molar-refractivity contribution >= 4 is 5.91 Å². The number of carbonyl (C=O) groups excluding carboxylic acids is 1. The maximum absolute atomic E-state index is 13.0. The fourth-order valence-corrected chi connectivity index (χ4v) is 3.82. The van der Waals surface area contributed by atoms with E-state index in [9.17, 15) is 9.18 Å². The maximum atomic E-state index is 13.0. The Labute approximate surface area is 208 Å². The summed E-state index contributed by atoms with van der Waals surface area (Å²) >= 11 is 0.